The normalized spacial score (nSPS) is 13.5. The average Bonchev–Trinajstić information content (AvgIpc) is 3.51. The number of fused-ring (bicyclic) bond motifs is 1. The molecule has 39 heavy (non-hydrogen) atoms. The number of halogens is 1. The summed E-state index contributed by atoms with van der Waals surface area (Å²) in [7, 11) is 1.40. The molecule has 208 valence electrons. The van der Waals surface area contributed by atoms with Gasteiger partial charge in [-0.15, -0.1) is 0 Å². The number of carbonyl (C=O) groups is 1. The van der Waals surface area contributed by atoms with E-state index in [1.54, 1.807) is 30.1 Å². The van der Waals surface area contributed by atoms with Crippen molar-refractivity contribution in [1.29, 1.82) is 0 Å². The van der Waals surface area contributed by atoms with Crippen molar-refractivity contribution < 1.29 is 28.9 Å². The minimum absolute atomic E-state index is 0.148. The summed E-state index contributed by atoms with van der Waals surface area (Å²) in [6.07, 6.45) is 1.37. The number of aliphatic carboxylic acids is 1. The molecule has 4 aromatic rings. The van der Waals surface area contributed by atoms with Gasteiger partial charge in [0.1, 0.15) is 33.0 Å². The molecule has 3 aromatic heterocycles. The Morgan fingerprint density at radius 3 is 2.59 bits per heavy atom. The molecular weight excluding hydrogens is 531 g/mol. The van der Waals surface area contributed by atoms with Crippen molar-refractivity contribution in [3.8, 4) is 10.8 Å². The predicted molar refractivity (Wildman–Crippen MR) is 142 cm³/mol. The predicted octanol–water partition coefficient (Wildman–Crippen LogP) is 2.82. The summed E-state index contributed by atoms with van der Waals surface area (Å²) in [5.74, 6) is -1.66. The number of ether oxygens (including phenoxy) is 2. The summed E-state index contributed by atoms with van der Waals surface area (Å²) in [5, 5.41) is 24.8. The van der Waals surface area contributed by atoms with Gasteiger partial charge in [0.15, 0.2) is 0 Å². The van der Waals surface area contributed by atoms with E-state index in [0.717, 1.165) is 11.3 Å². The molecule has 0 bridgehead atoms. The van der Waals surface area contributed by atoms with Crippen LogP contribution in [-0.4, -0.2) is 54.9 Å². The fourth-order valence-corrected chi connectivity index (χ4v) is 5.56. The quantitative estimate of drug-likeness (QED) is 0.302. The molecule has 0 aliphatic rings. The van der Waals surface area contributed by atoms with Crippen molar-refractivity contribution in [1.82, 2.24) is 18.9 Å². The van der Waals surface area contributed by atoms with Crippen LogP contribution in [0.5, 0.6) is 5.75 Å². The van der Waals surface area contributed by atoms with E-state index < -0.39 is 40.8 Å². The highest BCUT2D eigenvalue weighted by atomic mass is 32.1. The van der Waals surface area contributed by atoms with Crippen LogP contribution in [0.2, 0.25) is 0 Å². The van der Waals surface area contributed by atoms with E-state index in [1.807, 2.05) is 0 Å². The molecule has 0 aliphatic carbocycles. The van der Waals surface area contributed by atoms with Crippen molar-refractivity contribution >= 4 is 27.5 Å². The third-order valence-electron chi connectivity index (χ3n) is 6.41. The van der Waals surface area contributed by atoms with Crippen LogP contribution in [0.4, 0.5) is 4.39 Å². The number of methoxy groups -OCH3 is 1. The molecule has 3 heterocycles. The molecule has 2 atom stereocenters. The molecule has 2 N–H and O–H groups in total. The van der Waals surface area contributed by atoms with E-state index in [-0.39, 0.29) is 34.7 Å². The zero-order valence-electron chi connectivity index (χ0n) is 22.0. The Bertz CT molecular complexity index is 1640. The van der Waals surface area contributed by atoms with Crippen molar-refractivity contribution in [3.05, 3.63) is 74.4 Å². The number of nitrogens with zero attached hydrogens (tertiary/aromatic N) is 4. The third kappa shape index (κ3) is 5.12. The summed E-state index contributed by atoms with van der Waals surface area (Å²) in [4.78, 5) is 40.1. The molecule has 1 aromatic carbocycles. The van der Waals surface area contributed by atoms with Gasteiger partial charge in [0.25, 0.3) is 5.56 Å². The van der Waals surface area contributed by atoms with Crippen molar-refractivity contribution in [2.45, 2.75) is 52.0 Å². The maximum Gasteiger partial charge on any atom is 0.333 e. The molecule has 4 rings (SSSR count). The molecule has 0 radical (unpaired) electrons. The van der Waals surface area contributed by atoms with Crippen LogP contribution >= 0.6 is 11.3 Å². The highest BCUT2D eigenvalue weighted by Crippen LogP contribution is 2.34. The third-order valence-corrected chi connectivity index (χ3v) is 7.71. The lowest BCUT2D eigenvalue weighted by Gasteiger charge is -2.26. The molecule has 11 nitrogen and oxygen atoms in total. The number of carboxylic acids is 1. The molecule has 0 spiro atoms. The molecule has 0 amide bonds. The Morgan fingerprint density at radius 1 is 1.28 bits per heavy atom. The smallest absolute Gasteiger partial charge is 0.333 e. The molecule has 0 fully saturated rings. The van der Waals surface area contributed by atoms with E-state index in [2.05, 4.69) is 5.10 Å². The van der Waals surface area contributed by atoms with Crippen LogP contribution in [0.25, 0.3) is 15.2 Å². The van der Waals surface area contributed by atoms with Gasteiger partial charge in [-0.3, -0.25) is 9.36 Å². The highest BCUT2D eigenvalue weighted by molar-refractivity contribution is 7.21. The fourth-order valence-electron chi connectivity index (χ4n) is 4.31. The molecule has 13 heteroatoms. The summed E-state index contributed by atoms with van der Waals surface area (Å²) in [5.41, 5.74) is -2.74. The van der Waals surface area contributed by atoms with Crippen LogP contribution in [-0.2, 0) is 21.6 Å². The van der Waals surface area contributed by atoms with Crippen molar-refractivity contribution in [2.75, 3.05) is 13.7 Å². The lowest BCUT2D eigenvalue weighted by molar-refractivity contribution is -0.146. The maximum atomic E-state index is 14.3. The van der Waals surface area contributed by atoms with Crippen LogP contribution in [0.1, 0.15) is 38.0 Å². The second-order valence-corrected chi connectivity index (χ2v) is 10.6. The number of aliphatic hydroxyl groups is 1. The molecule has 0 saturated heterocycles. The van der Waals surface area contributed by atoms with Gasteiger partial charge in [-0.05, 0) is 52.0 Å². The number of benzene rings is 1. The second kappa shape index (κ2) is 10.8. The first-order valence-corrected chi connectivity index (χ1v) is 12.9. The molecular formula is C26H29FN4O7S. The fraction of sp³-hybridized carbons (Fsp3) is 0.385. The number of aryl methyl sites for hydroxylation is 1. The summed E-state index contributed by atoms with van der Waals surface area (Å²) in [6.45, 7) is 5.35. The van der Waals surface area contributed by atoms with Crippen molar-refractivity contribution in [2.24, 2.45) is 0 Å². The molecule has 0 aliphatic heterocycles. The van der Waals surface area contributed by atoms with Gasteiger partial charge < -0.3 is 19.7 Å². The van der Waals surface area contributed by atoms with Crippen molar-refractivity contribution in [3.63, 3.8) is 0 Å². The standard InChI is InChI=1S/C26H29FN4O7S/c1-14(32)13-38-19(17-11-16(27)7-8-18(17)37-5)12-29-23-20(15(2)22(39-23)30-10-6-9-28-30)21(33)31(25(29)36)26(3,4)24(34)35/h6-11,14,19,32H,12-13H2,1-5H3,(H,34,35)/t14-,19-/m0/s1. The van der Waals surface area contributed by atoms with E-state index in [9.17, 15) is 29.0 Å². The maximum absolute atomic E-state index is 14.3. The lowest BCUT2D eigenvalue weighted by Crippen LogP contribution is -2.52. The number of thiophene rings is 1. The second-order valence-electron chi connectivity index (χ2n) is 9.62. The summed E-state index contributed by atoms with van der Waals surface area (Å²) in [6, 6.07) is 5.55. The SMILES string of the molecule is COc1ccc(F)cc1[C@H](Cn1c(=O)n(C(C)(C)C(=O)O)c(=O)c2c(C)c(-n3cccn3)sc21)OC[C@H](C)O. The Hall–Kier alpha value is -3.81. The van der Waals surface area contributed by atoms with E-state index >= 15 is 0 Å². The van der Waals surface area contributed by atoms with Gasteiger partial charge in [0.05, 0.1) is 31.8 Å². The minimum Gasteiger partial charge on any atom is -0.496 e. The number of rotatable bonds is 10. The summed E-state index contributed by atoms with van der Waals surface area (Å²) < 4.78 is 29.2. The van der Waals surface area contributed by atoms with Crippen LogP contribution in [0.3, 0.4) is 0 Å². The Balaban J connectivity index is 2.04. The van der Waals surface area contributed by atoms with Gasteiger partial charge in [-0.25, -0.2) is 23.2 Å². The number of hydrogen-bond donors (Lipinski definition) is 2. The van der Waals surface area contributed by atoms with Crippen LogP contribution in [0.15, 0.2) is 46.2 Å². The average molecular weight is 561 g/mol. The lowest BCUT2D eigenvalue weighted by atomic mass is 10.1. The van der Waals surface area contributed by atoms with E-state index in [4.69, 9.17) is 9.47 Å². The first-order chi connectivity index (χ1) is 18.4. The highest BCUT2D eigenvalue weighted by Gasteiger charge is 2.36. The number of aromatic nitrogens is 4. The summed E-state index contributed by atoms with van der Waals surface area (Å²) >= 11 is 1.13. The number of hydrogen-bond acceptors (Lipinski definition) is 8. The first-order valence-electron chi connectivity index (χ1n) is 12.0. The molecule has 0 saturated carbocycles. The van der Waals surface area contributed by atoms with E-state index in [0.29, 0.717) is 15.1 Å². The van der Waals surface area contributed by atoms with Gasteiger partial charge in [-0.1, -0.05) is 11.3 Å². The largest absolute Gasteiger partial charge is 0.496 e. The zero-order chi connectivity index (χ0) is 28.6. The zero-order valence-corrected chi connectivity index (χ0v) is 22.9. The Morgan fingerprint density at radius 2 is 2.00 bits per heavy atom. The van der Waals surface area contributed by atoms with Gasteiger partial charge in [-0.2, -0.15) is 5.10 Å². The first kappa shape index (κ1) is 28.2. The Labute approximate surface area is 226 Å². The van der Waals surface area contributed by atoms with Gasteiger partial charge in [0, 0.05) is 23.5 Å². The minimum atomic E-state index is -1.89. The van der Waals surface area contributed by atoms with Gasteiger partial charge in [0.2, 0.25) is 0 Å². The van der Waals surface area contributed by atoms with E-state index in [1.165, 1.54) is 50.6 Å². The number of carboxylic acid groups (broad SMARTS) is 1. The number of aliphatic hydroxyl groups excluding tert-OH is 1. The monoisotopic (exact) mass is 560 g/mol. The topological polar surface area (TPSA) is 138 Å². The van der Waals surface area contributed by atoms with Crippen LogP contribution < -0.4 is 16.0 Å². The molecule has 0 unspecified atom stereocenters. The van der Waals surface area contributed by atoms with Gasteiger partial charge >= 0.3 is 11.7 Å². The van der Waals surface area contributed by atoms with Crippen LogP contribution in [0, 0.1) is 12.7 Å². The Kier molecular flexibility index (Phi) is 7.77.